The molecule has 0 spiro atoms. The summed E-state index contributed by atoms with van der Waals surface area (Å²) >= 11 is 1.48. The first kappa shape index (κ1) is 12.4. The third-order valence-electron chi connectivity index (χ3n) is 2.16. The van der Waals surface area contributed by atoms with Crippen molar-refractivity contribution in [1.29, 1.82) is 0 Å². The zero-order valence-corrected chi connectivity index (χ0v) is 10.9. The molecule has 2 aromatic heterocycles. The summed E-state index contributed by atoms with van der Waals surface area (Å²) in [6.45, 7) is 2.09. The number of rotatable bonds is 5. The van der Waals surface area contributed by atoms with E-state index in [1.807, 2.05) is 30.4 Å². The number of allylic oxidation sites excluding steroid dienone is 2. The smallest absolute Gasteiger partial charge is 0.209 e. The van der Waals surface area contributed by atoms with Gasteiger partial charge in [0.2, 0.25) is 5.13 Å². The van der Waals surface area contributed by atoms with Crippen molar-refractivity contribution in [1.82, 2.24) is 15.2 Å². The Morgan fingerprint density at radius 2 is 2.39 bits per heavy atom. The van der Waals surface area contributed by atoms with E-state index in [0.29, 0.717) is 0 Å². The molecule has 0 radical (unpaired) electrons. The highest BCUT2D eigenvalue weighted by Crippen LogP contribution is 2.13. The van der Waals surface area contributed by atoms with Gasteiger partial charge >= 0.3 is 0 Å². The van der Waals surface area contributed by atoms with Crippen molar-refractivity contribution in [3.05, 3.63) is 53.4 Å². The Morgan fingerprint density at radius 1 is 1.44 bits per heavy atom. The Labute approximate surface area is 110 Å². The van der Waals surface area contributed by atoms with Gasteiger partial charge in [-0.3, -0.25) is 4.98 Å². The van der Waals surface area contributed by atoms with Gasteiger partial charge in [-0.25, -0.2) is 0 Å². The van der Waals surface area contributed by atoms with E-state index in [9.17, 15) is 0 Å². The summed E-state index contributed by atoms with van der Waals surface area (Å²) in [6, 6.07) is 5.83. The molecule has 1 N–H and O–H groups in total. The summed E-state index contributed by atoms with van der Waals surface area (Å²) in [5.74, 6) is 0. The van der Waals surface area contributed by atoms with Crippen LogP contribution in [0.15, 0.2) is 47.8 Å². The molecule has 0 unspecified atom stereocenters. The van der Waals surface area contributed by atoms with Crippen LogP contribution in [-0.2, 0) is 0 Å². The number of nitrogens with zero attached hydrogens (tertiary/aromatic N) is 3. The highest BCUT2D eigenvalue weighted by atomic mass is 32.1. The molecule has 0 aliphatic heterocycles. The van der Waals surface area contributed by atoms with Gasteiger partial charge in [-0.2, -0.15) is 0 Å². The van der Waals surface area contributed by atoms with E-state index < -0.39 is 0 Å². The summed E-state index contributed by atoms with van der Waals surface area (Å²) < 4.78 is 0. The number of hydrogen-bond donors (Lipinski definition) is 1. The maximum absolute atomic E-state index is 4.24. The van der Waals surface area contributed by atoms with E-state index >= 15 is 0 Å². The maximum atomic E-state index is 4.24. The van der Waals surface area contributed by atoms with Crippen molar-refractivity contribution < 1.29 is 0 Å². The largest absolute Gasteiger partial charge is 0.330 e. The number of anilines is 1. The number of nitrogens with one attached hydrogen (secondary N) is 1. The number of aromatic nitrogens is 3. The highest BCUT2D eigenvalue weighted by molar-refractivity contribution is 7.13. The molecule has 0 fully saturated rings. The van der Waals surface area contributed by atoms with E-state index in [0.717, 1.165) is 22.9 Å². The standard InChI is InChI=1S/C13H14N4S/c1-2-5-12(16-13-17-15-10-18-13)8-7-11-6-3-4-9-14-11/h3-10H,2H2,1H3,(H,16,17)/b8-7+,12-5+. The van der Waals surface area contributed by atoms with Crippen LogP contribution in [0.3, 0.4) is 0 Å². The summed E-state index contributed by atoms with van der Waals surface area (Å²) in [4.78, 5) is 4.24. The van der Waals surface area contributed by atoms with Gasteiger partial charge in [0.1, 0.15) is 5.51 Å². The second-order valence-electron chi connectivity index (χ2n) is 3.52. The Bertz CT molecular complexity index is 517. The molecule has 0 atom stereocenters. The minimum atomic E-state index is 0.792. The molecule has 2 aromatic rings. The van der Waals surface area contributed by atoms with Gasteiger partial charge in [-0.1, -0.05) is 30.4 Å². The summed E-state index contributed by atoms with van der Waals surface area (Å²) in [5, 5.41) is 11.8. The zero-order valence-electron chi connectivity index (χ0n) is 10.1. The molecule has 5 heteroatoms. The molecule has 0 aliphatic rings. The van der Waals surface area contributed by atoms with Crippen LogP contribution in [-0.4, -0.2) is 15.2 Å². The Balaban J connectivity index is 2.07. The van der Waals surface area contributed by atoms with Crippen LogP contribution in [0.4, 0.5) is 5.13 Å². The fourth-order valence-electron chi connectivity index (χ4n) is 1.38. The van der Waals surface area contributed by atoms with E-state index in [1.54, 1.807) is 11.7 Å². The van der Waals surface area contributed by atoms with Crippen molar-refractivity contribution in [3.63, 3.8) is 0 Å². The Morgan fingerprint density at radius 3 is 3.06 bits per heavy atom. The lowest BCUT2D eigenvalue weighted by Crippen LogP contribution is -1.96. The minimum Gasteiger partial charge on any atom is -0.330 e. The van der Waals surface area contributed by atoms with E-state index in [2.05, 4.69) is 33.5 Å². The molecule has 0 aromatic carbocycles. The van der Waals surface area contributed by atoms with Crippen LogP contribution in [0.1, 0.15) is 19.0 Å². The SMILES string of the molecule is CC/C=C(\C=C\c1ccccn1)Nc1nncs1. The molecule has 4 nitrogen and oxygen atoms in total. The first-order valence-electron chi connectivity index (χ1n) is 5.71. The molecular formula is C13H14N4S. The molecule has 0 amide bonds. The Hall–Kier alpha value is -2.01. The molecular weight excluding hydrogens is 244 g/mol. The molecule has 0 bridgehead atoms. The van der Waals surface area contributed by atoms with Gasteiger partial charge in [0.05, 0.1) is 5.69 Å². The van der Waals surface area contributed by atoms with Gasteiger partial charge < -0.3 is 5.32 Å². The highest BCUT2D eigenvalue weighted by Gasteiger charge is 1.97. The fraction of sp³-hybridized carbons (Fsp3) is 0.154. The maximum Gasteiger partial charge on any atom is 0.209 e. The second-order valence-corrected chi connectivity index (χ2v) is 4.36. The first-order chi connectivity index (χ1) is 8.88. The molecule has 0 saturated heterocycles. The van der Waals surface area contributed by atoms with Crippen LogP contribution in [0.25, 0.3) is 6.08 Å². The van der Waals surface area contributed by atoms with Gasteiger partial charge in [-0.15, -0.1) is 10.2 Å². The lowest BCUT2D eigenvalue weighted by molar-refractivity contribution is 1.09. The summed E-state index contributed by atoms with van der Waals surface area (Å²) in [5.41, 5.74) is 3.63. The van der Waals surface area contributed by atoms with Gasteiger partial charge in [0.25, 0.3) is 0 Å². The summed E-state index contributed by atoms with van der Waals surface area (Å²) in [7, 11) is 0. The predicted molar refractivity (Wildman–Crippen MR) is 75.2 cm³/mol. The Kier molecular flexibility index (Phi) is 4.60. The van der Waals surface area contributed by atoms with Crippen LogP contribution in [0.5, 0.6) is 0 Å². The van der Waals surface area contributed by atoms with Gasteiger partial charge in [-0.05, 0) is 30.7 Å². The van der Waals surface area contributed by atoms with Gasteiger partial charge in [0, 0.05) is 11.9 Å². The van der Waals surface area contributed by atoms with Crippen molar-refractivity contribution in [2.45, 2.75) is 13.3 Å². The lowest BCUT2D eigenvalue weighted by atomic mass is 10.2. The van der Waals surface area contributed by atoms with Crippen LogP contribution >= 0.6 is 11.3 Å². The monoisotopic (exact) mass is 258 g/mol. The summed E-state index contributed by atoms with van der Waals surface area (Å²) in [6.07, 6.45) is 8.79. The molecule has 18 heavy (non-hydrogen) atoms. The van der Waals surface area contributed by atoms with Crippen molar-refractivity contribution in [2.24, 2.45) is 0 Å². The number of pyridine rings is 1. The molecule has 2 heterocycles. The lowest BCUT2D eigenvalue weighted by Gasteiger charge is -2.02. The third-order valence-corrected chi connectivity index (χ3v) is 2.76. The van der Waals surface area contributed by atoms with Crippen LogP contribution < -0.4 is 5.32 Å². The van der Waals surface area contributed by atoms with Gasteiger partial charge in [0.15, 0.2) is 0 Å². The minimum absolute atomic E-state index is 0.792. The number of hydrogen-bond acceptors (Lipinski definition) is 5. The molecule has 2 rings (SSSR count). The van der Waals surface area contributed by atoms with E-state index in [4.69, 9.17) is 0 Å². The molecule has 0 aliphatic carbocycles. The average Bonchev–Trinajstić information content (AvgIpc) is 2.90. The van der Waals surface area contributed by atoms with Crippen LogP contribution in [0, 0.1) is 0 Å². The molecule has 0 saturated carbocycles. The van der Waals surface area contributed by atoms with Crippen molar-refractivity contribution >= 4 is 22.5 Å². The van der Waals surface area contributed by atoms with Crippen molar-refractivity contribution in [2.75, 3.05) is 5.32 Å². The normalized spacial score (nSPS) is 11.9. The third kappa shape index (κ3) is 3.78. The topological polar surface area (TPSA) is 50.7 Å². The van der Waals surface area contributed by atoms with E-state index in [1.165, 1.54) is 11.3 Å². The molecule has 92 valence electrons. The first-order valence-corrected chi connectivity index (χ1v) is 6.59. The quantitative estimate of drug-likeness (QED) is 0.836. The van der Waals surface area contributed by atoms with Crippen LogP contribution in [0.2, 0.25) is 0 Å². The zero-order chi connectivity index (χ0) is 12.6. The predicted octanol–water partition coefficient (Wildman–Crippen LogP) is 3.35. The second kappa shape index (κ2) is 6.66. The average molecular weight is 258 g/mol. The van der Waals surface area contributed by atoms with Crippen molar-refractivity contribution in [3.8, 4) is 0 Å². The fourth-order valence-corrected chi connectivity index (χ4v) is 1.85. The van der Waals surface area contributed by atoms with E-state index in [-0.39, 0.29) is 0 Å².